The molecule has 0 unspecified atom stereocenters. The lowest BCUT2D eigenvalue weighted by molar-refractivity contribution is 0.0923. The van der Waals surface area contributed by atoms with Crippen molar-refractivity contribution in [2.75, 3.05) is 49.1 Å². The van der Waals surface area contributed by atoms with E-state index >= 15 is 0 Å². The van der Waals surface area contributed by atoms with Crippen molar-refractivity contribution in [3.63, 3.8) is 0 Å². The number of halogens is 1. The molecule has 1 aliphatic heterocycles. The molecule has 0 radical (unpaired) electrons. The minimum atomic E-state index is -0.510. The zero-order valence-corrected chi connectivity index (χ0v) is 18.6. The number of anilines is 1. The van der Waals surface area contributed by atoms with E-state index in [2.05, 4.69) is 73.9 Å². The van der Waals surface area contributed by atoms with E-state index in [0.29, 0.717) is 6.73 Å². The number of fused-ring (bicyclic) bond motifs is 1. The van der Waals surface area contributed by atoms with E-state index < -0.39 is 10.0 Å². The summed E-state index contributed by atoms with van der Waals surface area (Å²) in [4.78, 5) is 11.6. The van der Waals surface area contributed by atoms with E-state index in [-0.39, 0.29) is 0 Å². The van der Waals surface area contributed by atoms with Crippen LogP contribution in [0.5, 0.6) is 0 Å². The monoisotopic (exact) mass is 476 g/mol. The fraction of sp³-hybridized carbons (Fsp3) is 0.667. The summed E-state index contributed by atoms with van der Waals surface area (Å²) in [5, 5.41) is 1.17. The van der Waals surface area contributed by atoms with E-state index in [1.54, 1.807) is 6.33 Å². The van der Waals surface area contributed by atoms with Gasteiger partial charge in [0, 0.05) is 28.6 Å². The van der Waals surface area contributed by atoms with Crippen molar-refractivity contribution in [3.8, 4) is 0 Å². The third-order valence-corrected chi connectivity index (χ3v) is 6.82. The Balaban J connectivity index is 1.79. The van der Waals surface area contributed by atoms with Gasteiger partial charge in [-0.25, -0.2) is 20.0 Å². The first-order valence-corrected chi connectivity index (χ1v) is 12.9. The fourth-order valence-corrected chi connectivity index (χ4v) is 4.69. The molecule has 7 heteroatoms. The highest BCUT2D eigenvalue weighted by molar-refractivity contribution is 14.1. The lowest BCUT2D eigenvalue weighted by Gasteiger charge is -2.32. The van der Waals surface area contributed by atoms with Gasteiger partial charge in [-0.15, -0.1) is 0 Å². The molecule has 1 saturated heterocycles. The van der Waals surface area contributed by atoms with Gasteiger partial charge in [0.1, 0.15) is 24.5 Å². The third kappa shape index (κ3) is 4.80. The van der Waals surface area contributed by atoms with Crippen LogP contribution in [-0.4, -0.2) is 58.8 Å². The van der Waals surface area contributed by atoms with Crippen molar-refractivity contribution in [3.05, 3.63) is 16.1 Å². The standard InChI is InChI=1S/C18H29IN4OS/c1-14-6-5-7-22(10-14)17-16-15(19)11-23(18(16)21-12-20-17)13-24-8-9-25(2,3)4/h11-12,14H,5-10,13H2,1-4H3/t14-/m0/s1. The molecule has 0 aromatic carbocycles. The Kier molecular flexibility index (Phi) is 6.15. The van der Waals surface area contributed by atoms with Gasteiger partial charge in [-0.3, -0.25) is 0 Å². The predicted molar refractivity (Wildman–Crippen MR) is 117 cm³/mol. The van der Waals surface area contributed by atoms with E-state index in [1.807, 2.05) is 0 Å². The molecule has 0 aliphatic carbocycles. The Labute approximate surface area is 166 Å². The Bertz CT molecular complexity index is 728. The highest BCUT2D eigenvalue weighted by atomic mass is 127. The van der Waals surface area contributed by atoms with Gasteiger partial charge in [0.2, 0.25) is 0 Å². The van der Waals surface area contributed by atoms with Crippen LogP contribution in [0.1, 0.15) is 19.8 Å². The molecule has 3 rings (SSSR count). The molecule has 1 aliphatic rings. The highest BCUT2D eigenvalue weighted by Gasteiger charge is 2.22. The first kappa shape index (κ1) is 19.2. The molecule has 140 valence electrons. The Morgan fingerprint density at radius 3 is 2.84 bits per heavy atom. The topological polar surface area (TPSA) is 43.2 Å². The Morgan fingerprint density at radius 2 is 2.12 bits per heavy atom. The first-order valence-electron chi connectivity index (χ1n) is 8.83. The summed E-state index contributed by atoms with van der Waals surface area (Å²) in [6, 6.07) is 0. The van der Waals surface area contributed by atoms with Gasteiger partial charge in [-0.05, 0) is 60.1 Å². The second kappa shape index (κ2) is 8.00. The summed E-state index contributed by atoms with van der Waals surface area (Å²) >= 11 is 2.40. The average molecular weight is 476 g/mol. The minimum absolute atomic E-state index is 0.510. The van der Waals surface area contributed by atoms with Crippen LogP contribution >= 0.6 is 32.6 Å². The molecule has 25 heavy (non-hydrogen) atoms. The molecule has 3 heterocycles. The molecule has 2 aromatic heterocycles. The highest BCUT2D eigenvalue weighted by Crippen LogP contribution is 2.34. The molecular formula is C18H29IN4OS. The zero-order valence-electron chi connectivity index (χ0n) is 15.7. The van der Waals surface area contributed by atoms with Crippen LogP contribution in [0.3, 0.4) is 0 Å². The fourth-order valence-electron chi connectivity index (χ4n) is 3.25. The molecule has 0 bridgehead atoms. The predicted octanol–water partition coefficient (Wildman–Crippen LogP) is 3.94. The lowest BCUT2D eigenvalue weighted by Crippen LogP contribution is -2.35. The van der Waals surface area contributed by atoms with Crippen LogP contribution in [0, 0.1) is 9.49 Å². The summed E-state index contributed by atoms with van der Waals surface area (Å²) < 4.78 is 9.25. The Hall–Kier alpha value is -0.540. The maximum atomic E-state index is 5.93. The smallest absolute Gasteiger partial charge is 0.148 e. The Morgan fingerprint density at radius 1 is 1.32 bits per heavy atom. The van der Waals surface area contributed by atoms with Crippen LogP contribution in [0.25, 0.3) is 11.0 Å². The molecule has 5 nitrogen and oxygen atoms in total. The second-order valence-corrected chi connectivity index (χ2v) is 13.6. The number of rotatable bonds is 6. The quantitative estimate of drug-likeness (QED) is 0.468. The van der Waals surface area contributed by atoms with Gasteiger partial charge < -0.3 is 14.2 Å². The van der Waals surface area contributed by atoms with E-state index in [4.69, 9.17) is 4.74 Å². The van der Waals surface area contributed by atoms with Crippen molar-refractivity contribution in [2.45, 2.75) is 26.5 Å². The van der Waals surface area contributed by atoms with Crippen molar-refractivity contribution >= 4 is 49.5 Å². The van der Waals surface area contributed by atoms with Crippen molar-refractivity contribution in [2.24, 2.45) is 5.92 Å². The maximum absolute atomic E-state index is 5.93. The largest absolute Gasteiger partial charge is 0.360 e. The van der Waals surface area contributed by atoms with Crippen molar-refractivity contribution < 1.29 is 4.74 Å². The summed E-state index contributed by atoms with van der Waals surface area (Å²) in [6.07, 6.45) is 13.4. The molecule has 0 N–H and O–H groups in total. The van der Waals surface area contributed by atoms with Crippen LogP contribution in [0.2, 0.25) is 0 Å². The number of hydrogen-bond acceptors (Lipinski definition) is 4. The molecule has 1 atom stereocenters. The van der Waals surface area contributed by atoms with Gasteiger partial charge in [0.05, 0.1) is 12.0 Å². The summed E-state index contributed by atoms with van der Waals surface area (Å²) in [7, 11) is -0.510. The van der Waals surface area contributed by atoms with Crippen molar-refractivity contribution in [1.82, 2.24) is 14.5 Å². The third-order valence-electron chi connectivity index (χ3n) is 4.61. The number of piperidine rings is 1. The molecular weight excluding hydrogens is 447 g/mol. The SMILES string of the molecule is C[C@H]1CCCN(c2ncnc3c2c(I)cn3COCCS(C)(C)C)C1. The second-order valence-electron chi connectivity index (χ2n) is 7.87. The van der Waals surface area contributed by atoms with Gasteiger partial charge in [-0.2, -0.15) is 0 Å². The average Bonchev–Trinajstić information content (AvgIpc) is 2.87. The van der Waals surface area contributed by atoms with Gasteiger partial charge in [0.25, 0.3) is 0 Å². The van der Waals surface area contributed by atoms with E-state index in [1.165, 1.54) is 21.8 Å². The maximum Gasteiger partial charge on any atom is 0.148 e. The molecule has 2 aromatic rings. The molecule has 1 fully saturated rings. The van der Waals surface area contributed by atoms with Gasteiger partial charge in [0.15, 0.2) is 0 Å². The molecule has 0 amide bonds. The van der Waals surface area contributed by atoms with Crippen LogP contribution < -0.4 is 4.90 Å². The van der Waals surface area contributed by atoms with Gasteiger partial charge in [-0.1, -0.05) is 6.92 Å². The summed E-state index contributed by atoms with van der Waals surface area (Å²) in [6.45, 7) is 5.85. The van der Waals surface area contributed by atoms with Crippen LogP contribution in [0.15, 0.2) is 12.5 Å². The van der Waals surface area contributed by atoms with Crippen LogP contribution in [-0.2, 0) is 11.5 Å². The normalized spacial score (nSPS) is 19.6. The van der Waals surface area contributed by atoms with Gasteiger partial charge >= 0.3 is 0 Å². The zero-order chi connectivity index (χ0) is 18.0. The van der Waals surface area contributed by atoms with Crippen molar-refractivity contribution in [1.29, 1.82) is 0 Å². The summed E-state index contributed by atoms with van der Waals surface area (Å²) in [5.41, 5.74) is 0.982. The number of ether oxygens (including phenoxy) is 1. The number of hydrogen-bond donors (Lipinski definition) is 0. The summed E-state index contributed by atoms with van der Waals surface area (Å²) in [5.74, 6) is 2.94. The minimum Gasteiger partial charge on any atom is -0.360 e. The molecule has 0 saturated carbocycles. The van der Waals surface area contributed by atoms with E-state index in [0.717, 1.165) is 42.8 Å². The number of aromatic nitrogens is 3. The first-order chi connectivity index (χ1) is 11.8. The van der Waals surface area contributed by atoms with Crippen LogP contribution in [0.4, 0.5) is 5.82 Å². The van der Waals surface area contributed by atoms with E-state index in [9.17, 15) is 0 Å². The number of nitrogens with zero attached hydrogens (tertiary/aromatic N) is 4. The molecule has 0 spiro atoms. The lowest BCUT2D eigenvalue weighted by atomic mass is 10.0.